The fraction of sp³-hybridized carbons (Fsp3) is 0.417. The highest BCUT2D eigenvalue weighted by molar-refractivity contribution is 6.01. The molecule has 1 saturated carbocycles. The fourth-order valence-electron chi connectivity index (χ4n) is 4.24. The second-order valence-electron chi connectivity index (χ2n) is 8.03. The van der Waals surface area contributed by atoms with Gasteiger partial charge in [-0.25, -0.2) is 4.39 Å². The molecule has 1 aliphatic heterocycles. The molecule has 6 heteroatoms. The van der Waals surface area contributed by atoms with E-state index in [4.69, 9.17) is 9.57 Å². The molecule has 4 rings (SSSR count). The number of amides is 1. The number of benzene rings is 2. The van der Waals surface area contributed by atoms with Crippen molar-refractivity contribution in [1.29, 1.82) is 0 Å². The van der Waals surface area contributed by atoms with Crippen LogP contribution < -0.4 is 4.74 Å². The smallest absolute Gasteiger partial charge is 0.226 e. The van der Waals surface area contributed by atoms with Crippen LogP contribution in [0.3, 0.4) is 0 Å². The second kappa shape index (κ2) is 9.28. The van der Waals surface area contributed by atoms with Gasteiger partial charge in [0, 0.05) is 18.9 Å². The molecule has 158 valence electrons. The zero-order valence-electron chi connectivity index (χ0n) is 17.2. The van der Waals surface area contributed by atoms with Crippen LogP contribution in [0.15, 0.2) is 53.7 Å². The lowest BCUT2D eigenvalue weighted by Crippen LogP contribution is -2.40. The molecule has 1 unspecified atom stereocenters. The lowest BCUT2D eigenvalue weighted by atomic mass is 10.0. The van der Waals surface area contributed by atoms with Crippen molar-refractivity contribution < 1.29 is 18.8 Å². The summed E-state index contributed by atoms with van der Waals surface area (Å²) < 4.78 is 18.5. The summed E-state index contributed by atoms with van der Waals surface area (Å²) in [5.74, 6) is 0.782. The number of carbonyl (C=O) groups excluding carboxylic acids is 1. The maximum atomic E-state index is 13.2. The molecule has 1 amide bonds. The van der Waals surface area contributed by atoms with E-state index >= 15 is 0 Å². The van der Waals surface area contributed by atoms with Crippen molar-refractivity contribution in [2.45, 2.75) is 44.8 Å². The Balaban J connectivity index is 1.45. The first-order valence-corrected chi connectivity index (χ1v) is 10.5. The summed E-state index contributed by atoms with van der Waals surface area (Å²) in [5.41, 5.74) is 2.66. The molecule has 30 heavy (non-hydrogen) atoms. The van der Waals surface area contributed by atoms with Crippen LogP contribution in [0.2, 0.25) is 0 Å². The number of hydrogen-bond donors (Lipinski definition) is 0. The van der Waals surface area contributed by atoms with Crippen molar-refractivity contribution in [3.8, 4) is 5.75 Å². The first kappa shape index (κ1) is 20.4. The van der Waals surface area contributed by atoms with E-state index < -0.39 is 0 Å². The highest BCUT2D eigenvalue weighted by atomic mass is 19.1. The molecule has 1 aliphatic carbocycles. The van der Waals surface area contributed by atoms with E-state index in [1.54, 1.807) is 19.2 Å². The minimum atomic E-state index is -0.276. The molecule has 1 atom stereocenters. The van der Waals surface area contributed by atoms with Crippen molar-refractivity contribution >= 4 is 11.6 Å². The van der Waals surface area contributed by atoms with Gasteiger partial charge in [-0.3, -0.25) is 4.79 Å². The van der Waals surface area contributed by atoms with Crippen molar-refractivity contribution in [3.05, 3.63) is 65.5 Å². The summed E-state index contributed by atoms with van der Waals surface area (Å²) in [4.78, 5) is 20.8. The number of halogens is 1. The number of ether oxygens (including phenoxy) is 1. The summed E-state index contributed by atoms with van der Waals surface area (Å²) in [6.07, 6.45) is 4.52. The topological polar surface area (TPSA) is 51.1 Å². The van der Waals surface area contributed by atoms with Crippen molar-refractivity contribution in [2.24, 2.45) is 11.1 Å². The predicted octanol–water partition coefficient (Wildman–Crippen LogP) is 4.55. The molecular formula is C24H27FN2O3. The van der Waals surface area contributed by atoms with E-state index in [-0.39, 0.29) is 23.7 Å². The predicted molar refractivity (Wildman–Crippen MR) is 113 cm³/mol. The maximum absolute atomic E-state index is 13.2. The number of nitrogens with zero attached hydrogens (tertiary/aromatic N) is 2. The minimum absolute atomic E-state index is 0.0921. The standard InChI is InChI=1S/C24H27FN2O3/c1-29-21-8-4-5-17(13-21)15-27(24(28)19-6-2-3-7-19)16-22-14-23(26-30-22)18-9-11-20(25)12-10-18/h4-5,8-13,19,22H,2-3,6-7,14-16H2,1H3. The second-order valence-corrected chi connectivity index (χ2v) is 8.03. The summed E-state index contributed by atoms with van der Waals surface area (Å²) in [5, 5.41) is 4.20. The number of hydrogen-bond acceptors (Lipinski definition) is 4. The van der Waals surface area contributed by atoms with E-state index in [0.717, 1.165) is 48.3 Å². The van der Waals surface area contributed by atoms with E-state index in [2.05, 4.69) is 5.16 Å². The van der Waals surface area contributed by atoms with Crippen molar-refractivity contribution in [2.75, 3.05) is 13.7 Å². The lowest BCUT2D eigenvalue weighted by Gasteiger charge is -2.27. The Kier molecular flexibility index (Phi) is 6.31. The van der Waals surface area contributed by atoms with Gasteiger partial charge in [0.05, 0.1) is 19.4 Å². The van der Waals surface area contributed by atoms with Crippen molar-refractivity contribution in [1.82, 2.24) is 4.90 Å². The zero-order valence-corrected chi connectivity index (χ0v) is 17.2. The van der Waals surface area contributed by atoms with Crippen LogP contribution >= 0.6 is 0 Å². The molecule has 0 saturated heterocycles. The monoisotopic (exact) mass is 410 g/mol. The number of carbonyl (C=O) groups is 1. The molecule has 2 aromatic carbocycles. The van der Waals surface area contributed by atoms with Gasteiger partial charge in [-0.1, -0.05) is 42.3 Å². The van der Waals surface area contributed by atoms with Gasteiger partial charge in [-0.2, -0.15) is 0 Å². The number of rotatable bonds is 7. The highest BCUT2D eigenvalue weighted by Crippen LogP contribution is 2.28. The lowest BCUT2D eigenvalue weighted by molar-refractivity contribution is -0.137. The molecule has 0 spiro atoms. The molecule has 2 aliphatic rings. The van der Waals surface area contributed by atoms with Crippen LogP contribution in [-0.4, -0.2) is 36.3 Å². The normalized spacial score (nSPS) is 18.7. The van der Waals surface area contributed by atoms with Gasteiger partial charge in [0.15, 0.2) is 6.10 Å². The van der Waals surface area contributed by atoms with Gasteiger partial charge in [0.25, 0.3) is 0 Å². The third-order valence-corrected chi connectivity index (χ3v) is 5.86. The van der Waals surface area contributed by atoms with Gasteiger partial charge in [0.1, 0.15) is 11.6 Å². The van der Waals surface area contributed by atoms with Gasteiger partial charge in [0.2, 0.25) is 5.91 Å². The van der Waals surface area contributed by atoms with Crippen LogP contribution in [0.25, 0.3) is 0 Å². The van der Waals surface area contributed by atoms with Gasteiger partial charge >= 0.3 is 0 Å². The molecule has 2 aromatic rings. The fourth-order valence-corrected chi connectivity index (χ4v) is 4.24. The molecule has 1 fully saturated rings. The van der Waals surface area contributed by atoms with Crippen LogP contribution in [0.5, 0.6) is 5.75 Å². The molecule has 0 N–H and O–H groups in total. The van der Waals surface area contributed by atoms with Crippen LogP contribution in [0.1, 0.15) is 43.2 Å². The average molecular weight is 410 g/mol. The average Bonchev–Trinajstić information content (AvgIpc) is 3.46. The van der Waals surface area contributed by atoms with Gasteiger partial charge in [-0.15, -0.1) is 0 Å². The van der Waals surface area contributed by atoms with E-state index in [0.29, 0.717) is 19.5 Å². The Morgan fingerprint density at radius 2 is 1.97 bits per heavy atom. The molecule has 5 nitrogen and oxygen atoms in total. The Morgan fingerprint density at radius 3 is 2.70 bits per heavy atom. The Labute approximate surface area is 176 Å². The first-order chi connectivity index (χ1) is 14.6. The van der Waals surface area contributed by atoms with E-state index in [1.807, 2.05) is 29.2 Å². The van der Waals surface area contributed by atoms with E-state index in [9.17, 15) is 9.18 Å². The SMILES string of the molecule is COc1cccc(CN(CC2CC(c3ccc(F)cc3)=NO2)C(=O)C2CCCC2)c1. The maximum Gasteiger partial charge on any atom is 0.226 e. The highest BCUT2D eigenvalue weighted by Gasteiger charge is 2.31. The molecule has 1 heterocycles. The molecule has 0 bridgehead atoms. The quantitative estimate of drug-likeness (QED) is 0.673. The van der Waals surface area contributed by atoms with Gasteiger partial charge < -0.3 is 14.5 Å². The molecular weight excluding hydrogens is 383 g/mol. The third kappa shape index (κ3) is 4.81. The van der Waals surface area contributed by atoms with Crippen molar-refractivity contribution in [3.63, 3.8) is 0 Å². The van der Waals surface area contributed by atoms with Gasteiger partial charge in [-0.05, 0) is 48.2 Å². The Bertz CT molecular complexity index is 907. The van der Waals surface area contributed by atoms with Crippen LogP contribution in [0.4, 0.5) is 4.39 Å². The Hall–Kier alpha value is -2.89. The summed E-state index contributed by atoms with van der Waals surface area (Å²) in [6.45, 7) is 0.985. The minimum Gasteiger partial charge on any atom is -0.497 e. The first-order valence-electron chi connectivity index (χ1n) is 10.5. The van der Waals surface area contributed by atoms with Crippen LogP contribution in [-0.2, 0) is 16.2 Å². The summed E-state index contributed by atoms with van der Waals surface area (Å²) in [6, 6.07) is 14.1. The zero-order chi connectivity index (χ0) is 20.9. The largest absolute Gasteiger partial charge is 0.497 e. The molecule has 0 aromatic heterocycles. The summed E-state index contributed by atoms with van der Waals surface area (Å²) in [7, 11) is 1.64. The molecule has 0 radical (unpaired) electrons. The Morgan fingerprint density at radius 1 is 1.20 bits per heavy atom. The number of methoxy groups -OCH3 is 1. The van der Waals surface area contributed by atoms with E-state index in [1.165, 1.54) is 12.1 Å². The summed E-state index contributed by atoms with van der Waals surface area (Å²) >= 11 is 0. The van der Waals surface area contributed by atoms with Crippen LogP contribution in [0, 0.1) is 11.7 Å². The number of oxime groups is 1. The third-order valence-electron chi connectivity index (χ3n) is 5.86.